The maximum atomic E-state index is 9.75. The number of hydrogen-bond donors (Lipinski definition) is 0. The second-order valence-corrected chi connectivity index (χ2v) is 6.40. The van der Waals surface area contributed by atoms with Gasteiger partial charge in [0, 0.05) is 0 Å². The maximum Gasteiger partial charge on any atom is 0.673 e. The summed E-state index contributed by atoms with van der Waals surface area (Å²) in [5.74, 6) is 0. The first-order valence-corrected chi connectivity index (χ1v) is 8.05. The van der Waals surface area contributed by atoms with Crippen molar-refractivity contribution in [1.29, 1.82) is 0 Å². The van der Waals surface area contributed by atoms with Crippen molar-refractivity contribution in [3.05, 3.63) is 0 Å². The Morgan fingerprint density at radius 3 is 0.464 bits per heavy atom. The maximum absolute atomic E-state index is 9.75. The summed E-state index contributed by atoms with van der Waals surface area (Å²) in [5, 5.41) is 0. The summed E-state index contributed by atoms with van der Waals surface area (Å²) in [6.45, 7) is 1.83. The quantitative estimate of drug-likeness (QED) is 0.268. The second-order valence-electron chi connectivity index (χ2n) is 3.45. The van der Waals surface area contributed by atoms with Crippen LogP contribution in [0, 0.1) is 0 Å². The molecule has 180 valence electrons. The van der Waals surface area contributed by atoms with E-state index in [2.05, 4.69) is 0 Å². The molecule has 0 rings (SSSR count). The van der Waals surface area contributed by atoms with E-state index < -0.39 is 37.0 Å². The summed E-state index contributed by atoms with van der Waals surface area (Å²) >= 11 is 0. The summed E-state index contributed by atoms with van der Waals surface area (Å²) in [5.41, 5.74) is 0. The molecule has 0 N–H and O–H groups in total. The molecular formula is C4H13B4F16O3P-4. The van der Waals surface area contributed by atoms with E-state index in [0.717, 1.165) is 0 Å². The van der Waals surface area contributed by atoms with Crippen LogP contribution in [-0.4, -0.2) is 57.0 Å². The molecule has 0 saturated heterocycles. The first kappa shape index (κ1) is 38.1. The molecule has 24 heteroatoms. The van der Waals surface area contributed by atoms with Gasteiger partial charge in [-0.05, 0) is 0 Å². The van der Waals surface area contributed by atoms with Crippen molar-refractivity contribution in [2.75, 3.05) is 28.0 Å². The Hall–Kier alpha value is -0.550. The zero-order valence-electron chi connectivity index (χ0n) is 14.1. The SMILES string of the molecule is CO[PH](C)(OC)OC.F[B-](F)(F)F.F[B-](F)(F)F.F[B-](F)(F)F.F[B-](F)(F)F. The standard InChI is InChI=1S/C4H13O3P.4BF4/c1-5-8(4,6-2)7-3;4*2-1(3,4)5/h8H,1-4H3;;;;/q;4*-1. The summed E-state index contributed by atoms with van der Waals surface area (Å²) in [7, 11) is -21.4. The van der Waals surface area contributed by atoms with Gasteiger partial charge in [0.25, 0.3) is 0 Å². The van der Waals surface area contributed by atoms with E-state index in [-0.39, 0.29) is 0 Å². The molecule has 0 aliphatic rings. The van der Waals surface area contributed by atoms with Gasteiger partial charge in [0.1, 0.15) is 0 Å². The Balaban J connectivity index is -0.0000000802. The molecule has 0 aromatic rings. The molecule has 0 atom stereocenters. The molecule has 0 unspecified atom stereocenters. The Labute approximate surface area is 149 Å². The third-order valence-corrected chi connectivity index (χ3v) is 3.34. The Bertz CT molecular complexity index is 258. The van der Waals surface area contributed by atoms with Gasteiger partial charge in [0.05, 0.1) is 0 Å². The van der Waals surface area contributed by atoms with Crippen LogP contribution in [0.4, 0.5) is 69.1 Å². The van der Waals surface area contributed by atoms with Gasteiger partial charge >= 0.3 is 78.5 Å². The zero-order valence-corrected chi connectivity index (χ0v) is 15.1. The van der Waals surface area contributed by atoms with Gasteiger partial charge < -0.3 is 69.1 Å². The minimum Gasteiger partial charge on any atom is -0.418 e. The second kappa shape index (κ2) is 16.3. The third kappa shape index (κ3) is 213. The van der Waals surface area contributed by atoms with Crippen molar-refractivity contribution < 1.29 is 82.6 Å². The first-order chi connectivity index (χ1) is 11.7. The van der Waals surface area contributed by atoms with Crippen molar-refractivity contribution in [3.8, 4) is 0 Å². The van der Waals surface area contributed by atoms with Gasteiger partial charge in [-0.25, -0.2) is 0 Å². The van der Waals surface area contributed by atoms with Gasteiger partial charge in [0.15, 0.2) is 0 Å². The van der Waals surface area contributed by atoms with E-state index in [1.807, 2.05) is 6.66 Å². The molecule has 3 nitrogen and oxygen atoms in total. The Morgan fingerprint density at radius 2 is 0.464 bits per heavy atom. The summed E-state index contributed by atoms with van der Waals surface area (Å²) in [6.07, 6.45) is 0. The molecule has 0 amide bonds. The molecular weight excluding hydrogens is 474 g/mol. The van der Waals surface area contributed by atoms with Crippen LogP contribution in [-0.2, 0) is 13.6 Å². The predicted octanol–water partition coefficient (Wildman–Crippen LogP) is 6.25. The summed E-state index contributed by atoms with van der Waals surface area (Å²) in [6, 6.07) is 0. The van der Waals surface area contributed by atoms with Crippen LogP contribution in [0.3, 0.4) is 0 Å². The molecule has 0 aromatic carbocycles. The molecule has 0 fully saturated rings. The van der Waals surface area contributed by atoms with Crippen LogP contribution in [0.25, 0.3) is 0 Å². The average molecular weight is 487 g/mol. The van der Waals surface area contributed by atoms with Crippen LogP contribution in [0.2, 0.25) is 0 Å². The summed E-state index contributed by atoms with van der Waals surface area (Å²) < 4.78 is 171. The van der Waals surface area contributed by atoms with E-state index in [1.54, 1.807) is 21.3 Å². The van der Waals surface area contributed by atoms with Crippen molar-refractivity contribution in [2.45, 2.75) is 0 Å². The largest absolute Gasteiger partial charge is 0.673 e. The van der Waals surface area contributed by atoms with E-state index >= 15 is 0 Å². The molecule has 0 radical (unpaired) electrons. The van der Waals surface area contributed by atoms with Gasteiger partial charge in [-0.2, -0.15) is 0 Å². The van der Waals surface area contributed by atoms with E-state index in [9.17, 15) is 69.1 Å². The molecule has 0 heterocycles. The Kier molecular flexibility index (Phi) is 22.1. The molecule has 0 saturated carbocycles. The van der Waals surface area contributed by atoms with Crippen LogP contribution >= 0.6 is 7.94 Å². The third-order valence-electron chi connectivity index (χ3n) is 1.11. The van der Waals surface area contributed by atoms with Crippen LogP contribution in [0.5, 0.6) is 0 Å². The molecule has 28 heavy (non-hydrogen) atoms. The molecule has 0 bridgehead atoms. The van der Waals surface area contributed by atoms with Crippen molar-refractivity contribution in [2.24, 2.45) is 0 Å². The van der Waals surface area contributed by atoms with E-state index in [0.29, 0.717) is 0 Å². The number of halogens is 16. The topological polar surface area (TPSA) is 27.7 Å². The smallest absolute Gasteiger partial charge is 0.418 e. The summed E-state index contributed by atoms with van der Waals surface area (Å²) in [4.78, 5) is 0. The molecule has 0 spiro atoms. The van der Waals surface area contributed by atoms with E-state index in [1.165, 1.54) is 0 Å². The van der Waals surface area contributed by atoms with Gasteiger partial charge in [-0.15, -0.1) is 0 Å². The Morgan fingerprint density at radius 1 is 0.393 bits per heavy atom. The minimum atomic E-state index is -6.00. The fourth-order valence-electron chi connectivity index (χ4n) is 0.250. The number of hydrogen-bond acceptors (Lipinski definition) is 3. The fourth-order valence-corrected chi connectivity index (χ4v) is 0.750. The van der Waals surface area contributed by atoms with Gasteiger partial charge in [-0.3, -0.25) is 0 Å². The van der Waals surface area contributed by atoms with Crippen LogP contribution in [0.1, 0.15) is 0 Å². The fraction of sp³-hybridized carbons (Fsp3) is 1.00. The molecule has 0 aliphatic heterocycles. The predicted molar refractivity (Wildman–Crippen MR) is 76.0 cm³/mol. The van der Waals surface area contributed by atoms with Crippen molar-refractivity contribution >= 4 is 37.0 Å². The van der Waals surface area contributed by atoms with Crippen molar-refractivity contribution in [1.82, 2.24) is 0 Å². The molecule has 0 aromatic heterocycles. The monoisotopic (exact) mass is 488 g/mol. The van der Waals surface area contributed by atoms with Crippen LogP contribution < -0.4 is 0 Å². The van der Waals surface area contributed by atoms with Gasteiger partial charge in [-0.1, -0.05) is 0 Å². The normalized spacial score (nSPS) is 12.6. The van der Waals surface area contributed by atoms with E-state index in [4.69, 9.17) is 13.6 Å². The van der Waals surface area contributed by atoms with Crippen molar-refractivity contribution in [3.63, 3.8) is 0 Å². The first-order valence-electron chi connectivity index (χ1n) is 5.83. The van der Waals surface area contributed by atoms with Gasteiger partial charge in [0.2, 0.25) is 0 Å². The minimum absolute atomic E-state index is 1.58. The number of rotatable bonds is 3. The zero-order chi connectivity index (χ0) is 24.6. The molecule has 0 aliphatic carbocycles. The van der Waals surface area contributed by atoms with Crippen LogP contribution in [0.15, 0.2) is 0 Å². The average Bonchev–Trinajstić information content (AvgIpc) is 2.29.